The molecule has 10 nitrogen and oxygen atoms in total. The van der Waals surface area contributed by atoms with Crippen molar-refractivity contribution >= 4 is 39.6 Å². The molecule has 1 atom stereocenters. The van der Waals surface area contributed by atoms with E-state index in [2.05, 4.69) is 32.4 Å². The van der Waals surface area contributed by atoms with Gasteiger partial charge in [0.2, 0.25) is 0 Å². The summed E-state index contributed by atoms with van der Waals surface area (Å²) in [5, 5.41) is 5.49. The van der Waals surface area contributed by atoms with Crippen molar-refractivity contribution in [3.05, 3.63) is 47.5 Å². The molecule has 7 rings (SSSR count). The Balaban J connectivity index is 1.28. The number of ether oxygens (including phenoxy) is 1. The average Bonchev–Trinajstić information content (AvgIpc) is 3.83. The maximum atomic E-state index is 13.3. The second-order valence-electron chi connectivity index (χ2n) is 12.4. The number of benzene rings is 1. The van der Waals surface area contributed by atoms with Crippen molar-refractivity contribution < 1.29 is 14.3 Å². The molecule has 3 aliphatic rings. The number of nitrogens with zero attached hydrogens (tertiary/aromatic N) is 6. The van der Waals surface area contributed by atoms with Gasteiger partial charge in [0.05, 0.1) is 39.9 Å². The second-order valence-corrected chi connectivity index (χ2v) is 12.4. The predicted molar refractivity (Wildman–Crippen MR) is 154 cm³/mol. The minimum atomic E-state index is -0.584. The summed E-state index contributed by atoms with van der Waals surface area (Å²) in [6.45, 7) is 6.51. The van der Waals surface area contributed by atoms with E-state index < -0.39 is 5.60 Å². The summed E-state index contributed by atoms with van der Waals surface area (Å²) < 4.78 is 9.68. The molecule has 1 aliphatic heterocycles. The van der Waals surface area contributed by atoms with E-state index in [9.17, 15) is 9.59 Å². The first-order valence-corrected chi connectivity index (χ1v) is 14.3. The van der Waals surface area contributed by atoms with Crippen molar-refractivity contribution in [1.29, 1.82) is 0 Å². The van der Waals surface area contributed by atoms with Crippen LogP contribution in [0.1, 0.15) is 86.6 Å². The van der Waals surface area contributed by atoms with Gasteiger partial charge in [0.25, 0.3) is 0 Å². The van der Waals surface area contributed by atoms with Crippen LogP contribution in [0.3, 0.4) is 0 Å². The van der Waals surface area contributed by atoms with Crippen molar-refractivity contribution in [3.63, 3.8) is 0 Å². The third-order valence-electron chi connectivity index (χ3n) is 7.97. The Morgan fingerprint density at radius 1 is 1.05 bits per heavy atom. The van der Waals surface area contributed by atoms with E-state index in [4.69, 9.17) is 15.6 Å². The molecular weight excluding hydrogens is 518 g/mol. The molecule has 0 bridgehead atoms. The van der Waals surface area contributed by atoms with E-state index in [1.165, 1.54) is 12.8 Å². The van der Waals surface area contributed by atoms with Gasteiger partial charge in [-0.1, -0.05) is 5.92 Å². The Labute approximate surface area is 237 Å². The van der Waals surface area contributed by atoms with Gasteiger partial charge in [-0.2, -0.15) is 5.10 Å². The number of hydrogen-bond acceptors (Lipinski definition) is 7. The molecule has 4 heterocycles. The van der Waals surface area contributed by atoms with Crippen molar-refractivity contribution in [2.75, 3.05) is 18.8 Å². The number of anilines is 1. The highest BCUT2D eigenvalue weighted by Crippen LogP contribution is 2.38. The summed E-state index contributed by atoms with van der Waals surface area (Å²) in [6, 6.07) is 6.44. The number of likely N-dealkylation sites (tertiary alicyclic amines) is 1. The van der Waals surface area contributed by atoms with Crippen molar-refractivity contribution in [1.82, 2.24) is 29.2 Å². The van der Waals surface area contributed by atoms with E-state index in [0.717, 1.165) is 29.4 Å². The normalized spacial score (nSPS) is 19.0. The Morgan fingerprint density at radius 3 is 2.59 bits per heavy atom. The molecule has 210 valence electrons. The van der Waals surface area contributed by atoms with Crippen molar-refractivity contribution in [2.24, 2.45) is 5.92 Å². The standard InChI is InChI=1S/C31H33N7O3/c1-31(2,3)41-30(40)36-13-12-21(16-36)38-27-22(28(39)19-6-7-19)15-33-29(32)26(27)23(35-38)10-4-18-5-11-25-24(14-18)34-17-37(25)20-8-9-20/h5,11,14-15,17,19-21H,6-9,12-13,16H2,1-3H3,(H2,32,33). The number of ketones is 1. The first-order chi connectivity index (χ1) is 19.7. The van der Waals surface area contributed by atoms with E-state index in [1.807, 2.05) is 43.9 Å². The SMILES string of the molecule is CC(C)(C)OC(=O)N1CCC(n2nc(C#Cc3ccc4c(c3)ncn4C3CC3)c3c(N)ncc(C(=O)C4CC4)c32)C1. The molecular formula is C31H33N7O3. The fourth-order valence-corrected chi connectivity index (χ4v) is 5.61. The van der Waals surface area contributed by atoms with Gasteiger partial charge >= 0.3 is 6.09 Å². The van der Waals surface area contributed by atoms with Crippen LogP contribution in [-0.4, -0.2) is 59.8 Å². The summed E-state index contributed by atoms with van der Waals surface area (Å²) in [5.74, 6) is 6.80. The fourth-order valence-electron chi connectivity index (χ4n) is 5.61. The van der Waals surface area contributed by atoms with E-state index in [0.29, 0.717) is 47.7 Å². The predicted octanol–water partition coefficient (Wildman–Crippen LogP) is 4.87. The van der Waals surface area contributed by atoms with Crippen LogP contribution in [0.15, 0.2) is 30.7 Å². The Hall–Kier alpha value is -4.39. The molecule has 1 saturated heterocycles. The molecule has 1 aromatic carbocycles. The second kappa shape index (κ2) is 9.33. The van der Waals surface area contributed by atoms with Crippen LogP contribution in [-0.2, 0) is 4.74 Å². The Kier molecular flexibility index (Phi) is 5.82. The Morgan fingerprint density at radius 2 is 1.85 bits per heavy atom. The minimum absolute atomic E-state index is 0.00511. The number of rotatable bonds is 4. The van der Waals surface area contributed by atoms with Gasteiger partial charge in [-0.15, -0.1) is 0 Å². The number of nitrogens with two attached hydrogens (primary N) is 1. The van der Waals surface area contributed by atoms with E-state index in [1.54, 1.807) is 11.1 Å². The number of nitrogen functional groups attached to an aromatic ring is 1. The van der Waals surface area contributed by atoms with E-state index in [-0.39, 0.29) is 29.7 Å². The molecule has 1 unspecified atom stereocenters. The van der Waals surface area contributed by atoms with E-state index >= 15 is 0 Å². The molecule has 2 aliphatic carbocycles. The number of amides is 1. The third kappa shape index (κ3) is 4.79. The van der Waals surface area contributed by atoms with Crippen molar-refractivity contribution in [3.8, 4) is 11.8 Å². The van der Waals surface area contributed by atoms with Crippen molar-refractivity contribution in [2.45, 2.75) is 70.6 Å². The Bertz CT molecular complexity index is 1780. The van der Waals surface area contributed by atoms with Crippen LogP contribution >= 0.6 is 0 Å². The van der Waals surface area contributed by atoms with Gasteiger partial charge in [0, 0.05) is 36.8 Å². The molecule has 0 spiro atoms. The number of aromatic nitrogens is 5. The smallest absolute Gasteiger partial charge is 0.410 e. The molecule has 2 saturated carbocycles. The maximum Gasteiger partial charge on any atom is 0.410 e. The molecule has 41 heavy (non-hydrogen) atoms. The highest BCUT2D eigenvalue weighted by molar-refractivity contribution is 6.11. The van der Waals surface area contributed by atoms with Crippen LogP contribution in [0, 0.1) is 17.8 Å². The summed E-state index contributed by atoms with van der Waals surface area (Å²) >= 11 is 0. The van der Waals surface area contributed by atoms with Gasteiger partial charge in [-0.3, -0.25) is 9.48 Å². The summed E-state index contributed by atoms with van der Waals surface area (Å²) in [4.78, 5) is 36.8. The number of carbonyl (C=O) groups excluding carboxylic acids is 2. The van der Waals surface area contributed by atoms with Crippen LogP contribution in [0.2, 0.25) is 0 Å². The largest absolute Gasteiger partial charge is 0.444 e. The van der Waals surface area contributed by atoms with Gasteiger partial charge in [0.15, 0.2) is 5.78 Å². The lowest BCUT2D eigenvalue weighted by atomic mass is 10.0. The zero-order valence-electron chi connectivity index (χ0n) is 23.6. The molecule has 0 radical (unpaired) electrons. The van der Waals surface area contributed by atoms with Crippen LogP contribution in [0.5, 0.6) is 0 Å². The number of imidazole rings is 1. The first-order valence-electron chi connectivity index (χ1n) is 14.3. The minimum Gasteiger partial charge on any atom is -0.444 e. The van der Waals surface area contributed by atoms with Gasteiger partial charge < -0.3 is 19.9 Å². The quantitative estimate of drug-likeness (QED) is 0.284. The van der Waals surface area contributed by atoms with Gasteiger partial charge in [0.1, 0.15) is 17.1 Å². The van der Waals surface area contributed by atoms with Crippen LogP contribution < -0.4 is 5.73 Å². The lowest BCUT2D eigenvalue weighted by Gasteiger charge is -2.24. The first kappa shape index (κ1) is 25.6. The summed E-state index contributed by atoms with van der Waals surface area (Å²) in [5.41, 5.74) is 10.3. The van der Waals surface area contributed by atoms with Crippen LogP contribution in [0.4, 0.5) is 10.6 Å². The zero-order chi connectivity index (χ0) is 28.5. The molecule has 3 aromatic heterocycles. The highest BCUT2D eigenvalue weighted by atomic mass is 16.6. The number of fused-ring (bicyclic) bond motifs is 2. The molecule has 10 heteroatoms. The average molecular weight is 552 g/mol. The molecule has 3 fully saturated rings. The maximum absolute atomic E-state index is 13.3. The number of Topliss-reactive ketones (excluding diaryl/α,β-unsaturated/α-hetero) is 1. The molecule has 2 N–H and O–H groups in total. The topological polar surface area (TPSA) is 121 Å². The number of hydrogen-bond donors (Lipinski definition) is 1. The van der Waals surface area contributed by atoms with Gasteiger partial charge in [-0.05, 0) is 77.0 Å². The number of carbonyl (C=O) groups is 2. The lowest BCUT2D eigenvalue weighted by Crippen LogP contribution is -2.35. The zero-order valence-corrected chi connectivity index (χ0v) is 23.6. The lowest BCUT2D eigenvalue weighted by molar-refractivity contribution is 0.0288. The molecule has 1 amide bonds. The number of pyridine rings is 1. The summed E-state index contributed by atoms with van der Waals surface area (Å²) in [7, 11) is 0. The summed E-state index contributed by atoms with van der Waals surface area (Å²) in [6.07, 6.45) is 7.93. The monoisotopic (exact) mass is 551 g/mol. The molecule has 4 aromatic rings. The van der Waals surface area contributed by atoms with Crippen LogP contribution in [0.25, 0.3) is 21.9 Å². The van der Waals surface area contributed by atoms with Gasteiger partial charge in [-0.25, -0.2) is 14.8 Å². The third-order valence-corrected chi connectivity index (χ3v) is 7.97. The highest BCUT2D eigenvalue weighted by Gasteiger charge is 2.36. The fraction of sp³-hybridized carbons (Fsp3) is 0.452.